The predicted molar refractivity (Wildman–Crippen MR) is 83.1 cm³/mol. The van der Waals surface area contributed by atoms with E-state index in [-0.39, 0.29) is 5.91 Å². The number of carbonyl (C=O) groups is 1. The van der Waals surface area contributed by atoms with Crippen LogP contribution < -0.4 is 4.90 Å². The van der Waals surface area contributed by atoms with Crippen molar-refractivity contribution in [3.05, 3.63) is 43.2 Å². The highest BCUT2D eigenvalue weighted by molar-refractivity contribution is 5.90. The summed E-state index contributed by atoms with van der Waals surface area (Å²) in [6.45, 7) is 5.01. The molecule has 1 amide bonds. The fraction of sp³-hybridized carbons (Fsp3) is 0.250. The topological polar surface area (TPSA) is 73.1 Å². The van der Waals surface area contributed by atoms with Crippen LogP contribution in [0.5, 0.6) is 0 Å². The summed E-state index contributed by atoms with van der Waals surface area (Å²) in [6, 6.07) is 9.45. The molecule has 6 heteroatoms. The van der Waals surface area contributed by atoms with Crippen molar-refractivity contribution in [3.63, 3.8) is 0 Å². The lowest BCUT2D eigenvalue weighted by atomic mass is 10.1. The van der Waals surface area contributed by atoms with Crippen LogP contribution in [-0.4, -0.2) is 46.5 Å². The van der Waals surface area contributed by atoms with Crippen LogP contribution in [0.25, 0.3) is 10.9 Å². The van der Waals surface area contributed by atoms with Crippen LogP contribution in [0.2, 0.25) is 0 Å². The minimum atomic E-state index is -0.507. The summed E-state index contributed by atoms with van der Waals surface area (Å²) in [5, 5.41) is 10.3. The third kappa shape index (κ3) is 2.37. The van der Waals surface area contributed by atoms with Crippen molar-refractivity contribution in [2.45, 2.75) is 6.04 Å². The van der Waals surface area contributed by atoms with Gasteiger partial charge in [-0.15, -0.1) is 0 Å². The van der Waals surface area contributed by atoms with E-state index < -0.39 is 6.04 Å². The molecule has 110 valence electrons. The van der Waals surface area contributed by atoms with Gasteiger partial charge in [-0.2, -0.15) is 5.26 Å². The average molecular weight is 293 g/mol. The summed E-state index contributed by atoms with van der Waals surface area (Å²) in [5.74, 6) is 0.593. The van der Waals surface area contributed by atoms with E-state index in [1.807, 2.05) is 29.2 Å². The Balaban J connectivity index is 1.92. The van der Waals surface area contributed by atoms with Crippen LogP contribution in [0.15, 0.2) is 43.2 Å². The zero-order chi connectivity index (χ0) is 15.5. The Kier molecular flexibility index (Phi) is 3.71. The van der Waals surface area contributed by atoms with Crippen LogP contribution in [0.1, 0.15) is 0 Å². The number of amides is 1. The van der Waals surface area contributed by atoms with Gasteiger partial charge in [0.05, 0.1) is 18.1 Å². The van der Waals surface area contributed by atoms with Gasteiger partial charge in [-0.05, 0) is 18.2 Å². The Morgan fingerprint density at radius 1 is 1.36 bits per heavy atom. The van der Waals surface area contributed by atoms with E-state index in [1.54, 1.807) is 4.90 Å². The first-order chi connectivity index (χ1) is 10.7. The average Bonchev–Trinajstić information content (AvgIpc) is 2.60. The van der Waals surface area contributed by atoms with E-state index in [2.05, 4.69) is 22.6 Å². The van der Waals surface area contributed by atoms with E-state index in [0.717, 1.165) is 16.7 Å². The highest BCUT2D eigenvalue weighted by Gasteiger charge is 2.30. The number of piperazine rings is 1. The number of hydrogen-bond donors (Lipinski definition) is 0. The summed E-state index contributed by atoms with van der Waals surface area (Å²) in [7, 11) is 0. The number of nitriles is 1. The molecule has 2 heterocycles. The number of rotatable bonds is 2. The van der Waals surface area contributed by atoms with E-state index in [0.29, 0.717) is 19.6 Å². The van der Waals surface area contributed by atoms with Crippen molar-refractivity contribution in [1.82, 2.24) is 14.9 Å². The van der Waals surface area contributed by atoms with Crippen molar-refractivity contribution >= 4 is 22.6 Å². The number of hydrogen-bond acceptors (Lipinski definition) is 5. The molecule has 0 aliphatic carbocycles. The van der Waals surface area contributed by atoms with Crippen LogP contribution in [0.3, 0.4) is 0 Å². The summed E-state index contributed by atoms with van der Waals surface area (Å²) in [6.07, 6.45) is 2.78. The molecule has 1 aromatic heterocycles. The molecular weight excluding hydrogens is 278 g/mol. The summed E-state index contributed by atoms with van der Waals surface area (Å²) in [5.41, 5.74) is 0.866. The highest BCUT2D eigenvalue weighted by atomic mass is 16.2. The molecule has 0 N–H and O–H groups in total. The van der Waals surface area contributed by atoms with Crippen LogP contribution in [0, 0.1) is 11.3 Å². The molecule has 0 spiro atoms. The first-order valence-electron chi connectivity index (χ1n) is 7.02. The minimum Gasteiger partial charge on any atom is -0.351 e. The Hall–Kier alpha value is -2.94. The van der Waals surface area contributed by atoms with Crippen molar-refractivity contribution in [3.8, 4) is 6.07 Å². The molecule has 3 rings (SSSR count). The van der Waals surface area contributed by atoms with Crippen molar-refractivity contribution < 1.29 is 4.79 Å². The van der Waals surface area contributed by atoms with Gasteiger partial charge in [0.25, 0.3) is 0 Å². The molecule has 1 saturated heterocycles. The second kappa shape index (κ2) is 5.82. The molecule has 1 aliphatic heterocycles. The van der Waals surface area contributed by atoms with Crippen molar-refractivity contribution in [2.24, 2.45) is 0 Å². The number of benzene rings is 1. The fourth-order valence-corrected chi connectivity index (χ4v) is 2.71. The van der Waals surface area contributed by atoms with E-state index in [4.69, 9.17) is 0 Å². The molecule has 1 aliphatic rings. The van der Waals surface area contributed by atoms with Gasteiger partial charge in [0.15, 0.2) is 0 Å². The predicted octanol–water partition coefficient (Wildman–Crippen LogP) is 1.36. The smallest absolute Gasteiger partial charge is 0.247 e. The van der Waals surface area contributed by atoms with E-state index >= 15 is 0 Å². The van der Waals surface area contributed by atoms with Crippen LogP contribution >= 0.6 is 0 Å². The van der Waals surface area contributed by atoms with Gasteiger partial charge >= 0.3 is 0 Å². The molecule has 1 fully saturated rings. The number of aromatic nitrogens is 2. The molecular formula is C16H15N5O. The van der Waals surface area contributed by atoms with Gasteiger partial charge in [-0.1, -0.05) is 18.7 Å². The summed E-state index contributed by atoms with van der Waals surface area (Å²) in [4.78, 5) is 24.0. The minimum absolute atomic E-state index is 0.209. The number of anilines is 1. The first kappa shape index (κ1) is 14.0. The molecule has 1 unspecified atom stereocenters. The normalized spacial score (nSPS) is 18.0. The molecule has 1 atom stereocenters. The maximum atomic E-state index is 11.8. The molecule has 0 radical (unpaired) electrons. The SMILES string of the molecule is C=CC(=O)N1CCN(c2ncnc3ccccc23)CC1C#N. The number of carbonyl (C=O) groups excluding carboxylic acids is 1. The zero-order valence-corrected chi connectivity index (χ0v) is 12.0. The lowest BCUT2D eigenvalue weighted by Crippen LogP contribution is -2.54. The lowest BCUT2D eigenvalue weighted by Gasteiger charge is -2.38. The van der Waals surface area contributed by atoms with E-state index in [9.17, 15) is 10.1 Å². The third-order valence-corrected chi connectivity index (χ3v) is 3.81. The standard InChI is InChI=1S/C16H15N5O/c1-2-15(22)21-8-7-20(10-12(21)9-17)16-13-5-3-4-6-14(13)18-11-19-16/h2-6,11-12H,1,7-8,10H2. The summed E-state index contributed by atoms with van der Waals surface area (Å²) < 4.78 is 0. The lowest BCUT2D eigenvalue weighted by molar-refractivity contribution is -0.127. The first-order valence-corrected chi connectivity index (χ1v) is 7.02. The summed E-state index contributed by atoms with van der Waals surface area (Å²) >= 11 is 0. The molecule has 0 saturated carbocycles. The van der Waals surface area contributed by atoms with Gasteiger partial charge in [0.2, 0.25) is 5.91 Å². The third-order valence-electron chi connectivity index (χ3n) is 3.81. The maximum Gasteiger partial charge on any atom is 0.247 e. The fourth-order valence-electron chi connectivity index (χ4n) is 2.71. The van der Waals surface area contributed by atoms with E-state index in [1.165, 1.54) is 12.4 Å². The van der Waals surface area contributed by atoms with Gasteiger partial charge in [-0.25, -0.2) is 9.97 Å². The number of nitrogens with zero attached hydrogens (tertiary/aromatic N) is 5. The molecule has 6 nitrogen and oxygen atoms in total. The Morgan fingerprint density at radius 3 is 2.95 bits per heavy atom. The zero-order valence-electron chi connectivity index (χ0n) is 12.0. The molecule has 0 bridgehead atoms. The van der Waals surface area contributed by atoms with Crippen molar-refractivity contribution in [2.75, 3.05) is 24.5 Å². The van der Waals surface area contributed by atoms with Gasteiger partial charge in [0, 0.05) is 18.5 Å². The van der Waals surface area contributed by atoms with Gasteiger partial charge < -0.3 is 9.80 Å². The van der Waals surface area contributed by atoms with Gasteiger partial charge in [0.1, 0.15) is 18.2 Å². The Morgan fingerprint density at radius 2 is 2.18 bits per heavy atom. The largest absolute Gasteiger partial charge is 0.351 e. The Bertz CT molecular complexity index is 761. The monoisotopic (exact) mass is 293 g/mol. The number of para-hydroxylation sites is 1. The second-order valence-corrected chi connectivity index (χ2v) is 5.04. The van der Waals surface area contributed by atoms with Crippen molar-refractivity contribution in [1.29, 1.82) is 5.26 Å². The second-order valence-electron chi connectivity index (χ2n) is 5.04. The maximum absolute atomic E-state index is 11.8. The quantitative estimate of drug-likeness (QED) is 0.782. The van der Waals surface area contributed by atoms with Crippen LogP contribution in [0.4, 0.5) is 5.82 Å². The highest BCUT2D eigenvalue weighted by Crippen LogP contribution is 2.24. The van der Waals surface area contributed by atoms with Crippen LogP contribution in [-0.2, 0) is 4.79 Å². The number of fused-ring (bicyclic) bond motifs is 1. The molecule has 22 heavy (non-hydrogen) atoms. The van der Waals surface area contributed by atoms with Gasteiger partial charge in [-0.3, -0.25) is 4.79 Å². The molecule has 1 aromatic carbocycles. The molecule has 2 aromatic rings. The Labute approximate surface area is 128 Å².